The lowest BCUT2D eigenvalue weighted by molar-refractivity contribution is -0.119. The Balaban J connectivity index is 1.67. The number of carbonyl (C=O) groups excluding carboxylic acids is 1. The second-order valence-electron chi connectivity index (χ2n) is 6.34. The molecule has 1 N–H and O–H groups in total. The fourth-order valence-electron chi connectivity index (χ4n) is 3.11. The molecule has 0 saturated heterocycles. The zero-order valence-electron chi connectivity index (χ0n) is 15.6. The molecule has 0 aliphatic heterocycles. The molecule has 0 radical (unpaired) electrons. The van der Waals surface area contributed by atoms with Gasteiger partial charge in [0.2, 0.25) is 11.8 Å². The van der Waals surface area contributed by atoms with E-state index in [9.17, 15) is 4.79 Å². The maximum Gasteiger partial charge on any atom is 0.243 e. The van der Waals surface area contributed by atoms with Crippen LogP contribution in [0.5, 0.6) is 5.88 Å². The first-order valence-electron chi connectivity index (χ1n) is 9.14. The van der Waals surface area contributed by atoms with E-state index in [-0.39, 0.29) is 5.91 Å². The van der Waals surface area contributed by atoms with Gasteiger partial charge in [-0.2, -0.15) is 0 Å². The lowest BCUT2D eigenvalue weighted by Gasteiger charge is -2.11. The van der Waals surface area contributed by atoms with E-state index in [0.717, 1.165) is 24.9 Å². The normalized spacial score (nSPS) is 14.7. The highest BCUT2D eigenvalue weighted by Crippen LogP contribution is 2.29. The molecular formula is C17H26N6O2S. The first-order valence-corrected chi connectivity index (χ1v) is 10.1. The van der Waals surface area contributed by atoms with Gasteiger partial charge in [0.05, 0.1) is 12.4 Å². The van der Waals surface area contributed by atoms with Crippen LogP contribution in [0.15, 0.2) is 11.4 Å². The Kier molecular flexibility index (Phi) is 6.18. The van der Waals surface area contributed by atoms with Crippen molar-refractivity contribution in [3.8, 4) is 17.3 Å². The minimum atomic E-state index is 0.0558. The van der Waals surface area contributed by atoms with Crippen molar-refractivity contribution in [3.05, 3.63) is 6.20 Å². The average molecular weight is 379 g/mol. The number of nitrogens with one attached hydrogen (secondary N) is 1. The Morgan fingerprint density at radius 1 is 1.35 bits per heavy atom. The molecule has 26 heavy (non-hydrogen) atoms. The Labute approximate surface area is 157 Å². The maximum atomic E-state index is 12.1. The van der Waals surface area contributed by atoms with Crippen LogP contribution in [0.2, 0.25) is 0 Å². The van der Waals surface area contributed by atoms with Gasteiger partial charge < -0.3 is 14.6 Å². The molecule has 0 bridgehead atoms. The quantitative estimate of drug-likeness (QED) is 0.709. The van der Waals surface area contributed by atoms with Gasteiger partial charge in [-0.3, -0.25) is 9.48 Å². The maximum absolute atomic E-state index is 12.1. The van der Waals surface area contributed by atoms with Crippen LogP contribution in [-0.4, -0.2) is 48.9 Å². The fraction of sp³-hybridized carbons (Fsp3) is 0.647. The molecule has 1 saturated carbocycles. The van der Waals surface area contributed by atoms with Gasteiger partial charge in [-0.25, -0.2) is 0 Å². The van der Waals surface area contributed by atoms with E-state index in [1.165, 1.54) is 24.6 Å². The number of ether oxygens (including phenoxy) is 1. The SMILES string of the molecule is CCOc1nn(CC)cc1-c1nnc(SCC(=O)NC2CCCC2)n1C. The van der Waals surface area contributed by atoms with E-state index < -0.39 is 0 Å². The number of hydrogen-bond donors (Lipinski definition) is 1. The van der Waals surface area contributed by atoms with E-state index in [0.29, 0.717) is 35.3 Å². The summed E-state index contributed by atoms with van der Waals surface area (Å²) in [6, 6.07) is 0.340. The van der Waals surface area contributed by atoms with E-state index in [1.807, 2.05) is 36.3 Å². The van der Waals surface area contributed by atoms with Crippen LogP contribution in [-0.2, 0) is 18.4 Å². The molecule has 1 amide bonds. The van der Waals surface area contributed by atoms with Crippen LogP contribution in [0, 0.1) is 0 Å². The number of carbonyl (C=O) groups is 1. The number of aromatic nitrogens is 5. The molecule has 0 spiro atoms. The van der Waals surface area contributed by atoms with Crippen molar-refractivity contribution in [2.75, 3.05) is 12.4 Å². The highest BCUT2D eigenvalue weighted by Gasteiger charge is 2.21. The zero-order valence-corrected chi connectivity index (χ0v) is 16.4. The summed E-state index contributed by atoms with van der Waals surface area (Å²) in [5.74, 6) is 1.64. The molecule has 1 fully saturated rings. The number of nitrogens with zero attached hydrogens (tertiary/aromatic N) is 5. The fourth-order valence-corrected chi connectivity index (χ4v) is 3.83. The van der Waals surface area contributed by atoms with Crippen molar-refractivity contribution in [2.45, 2.75) is 57.3 Å². The molecule has 1 aliphatic carbocycles. The zero-order chi connectivity index (χ0) is 18.5. The molecule has 1 aliphatic rings. The van der Waals surface area contributed by atoms with Gasteiger partial charge in [0.25, 0.3) is 0 Å². The van der Waals surface area contributed by atoms with Crippen LogP contribution in [0.1, 0.15) is 39.5 Å². The van der Waals surface area contributed by atoms with Gasteiger partial charge in [-0.05, 0) is 26.7 Å². The van der Waals surface area contributed by atoms with Crippen LogP contribution in [0.3, 0.4) is 0 Å². The molecule has 9 heteroatoms. The van der Waals surface area contributed by atoms with Gasteiger partial charge in [0.1, 0.15) is 5.56 Å². The molecule has 2 aromatic rings. The highest BCUT2D eigenvalue weighted by molar-refractivity contribution is 7.99. The number of rotatable bonds is 8. The summed E-state index contributed by atoms with van der Waals surface area (Å²) >= 11 is 1.40. The third-order valence-corrected chi connectivity index (χ3v) is 5.48. The highest BCUT2D eigenvalue weighted by atomic mass is 32.2. The number of aryl methyl sites for hydroxylation is 1. The number of thioether (sulfide) groups is 1. The summed E-state index contributed by atoms with van der Waals surface area (Å²) in [6.45, 7) is 5.23. The van der Waals surface area contributed by atoms with Crippen LogP contribution in [0.25, 0.3) is 11.4 Å². The van der Waals surface area contributed by atoms with Gasteiger partial charge in [-0.15, -0.1) is 15.3 Å². The molecule has 8 nitrogen and oxygen atoms in total. The predicted molar refractivity (Wildman–Crippen MR) is 100 cm³/mol. The smallest absolute Gasteiger partial charge is 0.243 e. The van der Waals surface area contributed by atoms with E-state index in [1.54, 1.807) is 0 Å². The second kappa shape index (κ2) is 8.57. The van der Waals surface area contributed by atoms with Crippen LogP contribution >= 0.6 is 11.8 Å². The predicted octanol–water partition coefficient (Wildman–Crippen LogP) is 2.25. The molecule has 0 atom stereocenters. The van der Waals surface area contributed by atoms with E-state index in [2.05, 4.69) is 20.6 Å². The number of amides is 1. The van der Waals surface area contributed by atoms with Crippen molar-refractivity contribution >= 4 is 17.7 Å². The summed E-state index contributed by atoms with van der Waals surface area (Å²) in [4.78, 5) is 12.1. The third kappa shape index (κ3) is 4.20. The van der Waals surface area contributed by atoms with Crippen molar-refractivity contribution in [3.63, 3.8) is 0 Å². The van der Waals surface area contributed by atoms with E-state index in [4.69, 9.17) is 4.74 Å². The summed E-state index contributed by atoms with van der Waals surface area (Å²) in [6.07, 6.45) is 6.51. The topological polar surface area (TPSA) is 86.9 Å². The Hall–Kier alpha value is -2.03. The lowest BCUT2D eigenvalue weighted by Crippen LogP contribution is -2.33. The minimum absolute atomic E-state index is 0.0558. The largest absolute Gasteiger partial charge is 0.476 e. The summed E-state index contributed by atoms with van der Waals surface area (Å²) < 4.78 is 9.33. The molecular weight excluding hydrogens is 352 g/mol. The van der Waals surface area contributed by atoms with Gasteiger partial charge in [0.15, 0.2) is 11.0 Å². The summed E-state index contributed by atoms with van der Waals surface area (Å²) in [5.41, 5.74) is 0.811. The first-order chi connectivity index (χ1) is 12.6. The minimum Gasteiger partial charge on any atom is -0.476 e. The first kappa shape index (κ1) is 18.8. The number of hydrogen-bond acceptors (Lipinski definition) is 6. The Bertz CT molecular complexity index is 751. The van der Waals surface area contributed by atoms with Gasteiger partial charge >= 0.3 is 0 Å². The molecule has 0 aromatic carbocycles. The van der Waals surface area contributed by atoms with E-state index >= 15 is 0 Å². The summed E-state index contributed by atoms with van der Waals surface area (Å²) in [7, 11) is 1.89. The molecule has 2 heterocycles. The van der Waals surface area contributed by atoms with Crippen molar-refractivity contribution in [1.29, 1.82) is 0 Å². The lowest BCUT2D eigenvalue weighted by atomic mass is 10.2. The Morgan fingerprint density at radius 2 is 2.12 bits per heavy atom. The second-order valence-corrected chi connectivity index (χ2v) is 7.28. The van der Waals surface area contributed by atoms with Crippen molar-refractivity contribution < 1.29 is 9.53 Å². The van der Waals surface area contributed by atoms with Crippen LogP contribution in [0.4, 0.5) is 0 Å². The standard InChI is InChI=1S/C17H26N6O2S/c1-4-23-10-13(16(21-23)25-5-2)15-19-20-17(22(15)3)26-11-14(24)18-12-8-6-7-9-12/h10,12H,4-9,11H2,1-3H3,(H,18,24). The monoisotopic (exact) mass is 378 g/mol. The molecule has 2 aromatic heterocycles. The van der Waals surface area contributed by atoms with Gasteiger partial charge in [0, 0.05) is 25.8 Å². The molecule has 3 rings (SSSR count). The van der Waals surface area contributed by atoms with Crippen molar-refractivity contribution in [1.82, 2.24) is 29.9 Å². The van der Waals surface area contributed by atoms with Crippen molar-refractivity contribution in [2.24, 2.45) is 7.05 Å². The molecule has 142 valence electrons. The Morgan fingerprint density at radius 3 is 2.81 bits per heavy atom. The third-order valence-electron chi connectivity index (χ3n) is 4.46. The van der Waals surface area contributed by atoms with Gasteiger partial charge in [-0.1, -0.05) is 24.6 Å². The average Bonchev–Trinajstić information content (AvgIpc) is 3.34. The molecule has 0 unspecified atom stereocenters. The van der Waals surface area contributed by atoms with Crippen LogP contribution < -0.4 is 10.1 Å². The summed E-state index contributed by atoms with van der Waals surface area (Å²) in [5, 5.41) is 16.7.